The molecule has 0 amide bonds. The molecule has 0 bridgehead atoms. The number of rotatable bonds is 8. The van der Waals surface area contributed by atoms with Gasteiger partial charge in [0.25, 0.3) is 0 Å². The van der Waals surface area contributed by atoms with Crippen molar-refractivity contribution in [2.24, 2.45) is 0 Å². The quantitative estimate of drug-likeness (QED) is 0.250. The Kier molecular flexibility index (Phi) is 6.68. The summed E-state index contributed by atoms with van der Waals surface area (Å²) in [5, 5.41) is 20.4. The smallest absolute Gasteiger partial charge is 0.209 e. The zero-order valence-electron chi connectivity index (χ0n) is 23.2. The molecule has 0 saturated carbocycles. The van der Waals surface area contributed by atoms with E-state index >= 15 is 0 Å². The highest BCUT2D eigenvalue weighted by Crippen LogP contribution is 2.49. The van der Waals surface area contributed by atoms with E-state index < -0.39 is 0 Å². The van der Waals surface area contributed by atoms with Crippen molar-refractivity contribution in [3.05, 3.63) is 94.4 Å². The van der Waals surface area contributed by atoms with Gasteiger partial charge in [-0.05, 0) is 51.3 Å². The molecule has 5 nitrogen and oxygen atoms in total. The minimum Gasteiger partial charge on any atom is -0.506 e. The van der Waals surface area contributed by atoms with Crippen LogP contribution in [0, 0.1) is 0 Å². The maximum absolute atomic E-state index is 13.5. The van der Waals surface area contributed by atoms with E-state index in [0.29, 0.717) is 11.1 Å². The Hall–Kier alpha value is -3.44. The molecule has 0 fully saturated rings. The number of hydrogen-bond acceptors (Lipinski definition) is 4. The number of allylic oxidation sites excluding steroid dienone is 5. The van der Waals surface area contributed by atoms with Crippen molar-refractivity contribution >= 4 is 22.9 Å². The number of anilines is 1. The second-order valence-electron chi connectivity index (χ2n) is 11.5. The average molecular weight is 512 g/mol. The first-order valence-electron chi connectivity index (χ1n) is 13.8. The fourth-order valence-electron chi connectivity index (χ4n) is 6.33. The molecule has 1 aliphatic carbocycles. The van der Waals surface area contributed by atoms with Gasteiger partial charge in [0, 0.05) is 54.1 Å². The number of carbonyl (C=O) groups is 1. The Bertz CT molecular complexity index is 1420. The van der Waals surface area contributed by atoms with E-state index in [9.17, 15) is 15.0 Å². The van der Waals surface area contributed by atoms with Gasteiger partial charge in [-0.25, -0.2) is 0 Å². The Morgan fingerprint density at radius 1 is 0.895 bits per heavy atom. The first-order valence-corrected chi connectivity index (χ1v) is 13.8. The van der Waals surface area contributed by atoms with Gasteiger partial charge in [-0.15, -0.1) is 0 Å². The molecule has 198 valence electrons. The molecule has 0 spiro atoms. The van der Waals surface area contributed by atoms with Gasteiger partial charge in [0.15, 0.2) is 5.71 Å². The number of carbonyl (C=O) groups excluding carboxylic acids is 1. The Morgan fingerprint density at radius 2 is 1.58 bits per heavy atom. The minimum absolute atomic E-state index is 0.0739. The molecule has 0 saturated heterocycles. The van der Waals surface area contributed by atoms with Crippen molar-refractivity contribution in [3.63, 3.8) is 0 Å². The fourth-order valence-corrected chi connectivity index (χ4v) is 6.33. The SMILES string of the molecule is CCN1C(=CC2=C(O)C(=CC3=[N+](CCCCCO)c4ccccc4C3(C)C)C2=O)C(C)(C)c2ccccc21. The number of para-hydroxylation sites is 2. The summed E-state index contributed by atoms with van der Waals surface area (Å²) in [4.78, 5) is 15.7. The Balaban J connectivity index is 1.54. The van der Waals surface area contributed by atoms with Crippen LogP contribution in [0.25, 0.3) is 0 Å². The van der Waals surface area contributed by atoms with Crippen molar-refractivity contribution in [1.82, 2.24) is 0 Å². The second-order valence-corrected chi connectivity index (χ2v) is 11.5. The molecule has 2 aromatic rings. The predicted octanol–water partition coefficient (Wildman–Crippen LogP) is 6.25. The van der Waals surface area contributed by atoms with Crippen LogP contribution in [-0.2, 0) is 15.6 Å². The van der Waals surface area contributed by atoms with Gasteiger partial charge in [-0.2, -0.15) is 4.58 Å². The molecular weight excluding hydrogens is 472 g/mol. The molecule has 0 unspecified atom stereocenters. The van der Waals surface area contributed by atoms with E-state index in [4.69, 9.17) is 0 Å². The molecule has 38 heavy (non-hydrogen) atoms. The van der Waals surface area contributed by atoms with Crippen molar-refractivity contribution in [2.45, 2.75) is 64.7 Å². The van der Waals surface area contributed by atoms with Crippen molar-refractivity contribution in [2.75, 3.05) is 24.6 Å². The van der Waals surface area contributed by atoms with Crippen LogP contribution in [0.2, 0.25) is 0 Å². The number of ketones is 1. The van der Waals surface area contributed by atoms with Crippen LogP contribution in [0.4, 0.5) is 11.4 Å². The maximum Gasteiger partial charge on any atom is 0.209 e. The summed E-state index contributed by atoms with van der Waals surface area (Å²) in [7, 11) is 0. The molecule has 0 aromatic heterocycles. The number of aliphatic hydroxyl groups is 2. The van der Waals surface area contributed by atoms with E-state index in [2.05, 4.69) is 80.5 Å². The minimum atomic E-state index is -0.302. The highest BCUT2D eigenvalue weighted by atomic mass is 16.3. The third-order valence-electron chi connectivity index (χ3n) is 8.52. The lowest BCUT2D eigenvalue weighted by atomic mass is 9.77. The van der Waals surface area contributed by atoms with Crippen LogP contribution in [0.15, 0.2) is 83.3 Å². The second kappa shape index (κ2) is 9.70. The number of likely N-dealkylation sites (N-methyl/N-ethyl adjacent to an activating group) is 1. The van der Waals surface area contributed by atoms with E-state index in [0.717, 1.165) is 55.1 Å². The number of benzene rings is 2. The number of nitrogens with zero attached hydrogens (tertiary/aromatic N) is 2. The van der Waals surface area contributed by atoms with Gasteiger partial charge in [-0.1, -0.05) is 50.2 Å². The highest BCUT2D eigenvalue weighted by Gasteiger charge is 2.47. The zero-order chi connectivity index (χ0) is 27.2. The lowest BCUT2D eigenvalue weighted by Crippen LogP contribution is -2.32. The van der Waals surface area contributed by atoms with Gasteiger partial charge in [0.05, 0.1) is 16.6 Å². The average Bonchev–Trinajstić information content (AvgIpc) is 3.26. The number of fused-ring (bicyclic) bond motifs is 2. The number of hydrogen-bond donors (Lipinski definition) is 2. The van der Waals surface area contributed by atoms with Crippen LogP contribution >= 0.6 is 0 Å². The third kappa shape index (κ3) is 3.95. The summed E-state index contributed by atoms with van der Waals surface area (Å²) < 4.78 is 2.28. The largest absolute Gasteiger partial charge is 0.506 e. The van der Waals surface area contributed by atoms with Crippen LogP contribution < -0.4 is 4.90 Å². The first kappa shape index (κ1) is 26.2. The first-order chi connectivity index (χ1) is 18.1. The van der Waals surface area contributed by atoms with Crippen LogP contribution in [0.1, 0.15) is 65.0 Å². The van der Waals surface area contributed by atoms with E-state index in [1.807, 2.05) is 24.3 Å². The number of aliphatic hydroxyl groups excluding tert-OH is 2. The summed E-state index contributed by atoms with van der Waals surface area (Å²) in [6.07, 6.45) is 6.45. The van der Waals surface area contributed by atoms with Crippen LogP contribution in [0.5, 0.6) is 0 Å². The lowest BCUT2D eigenvalue weighted by Gasteiger charge is -2.28. The molecule has 0 radical (unpaired) electrons. The van der Waals surface area contributed by atoms with Crippen LogP contribution in [0.3, 0.4) is 0 Å². The molecule has 0 atom stereocenters. The monoisotopic (exact) mass is 511 g/mol. The summed E-state index contributed by atoms with van der Waals surface area (Å²) in [6, 6.07) is 16.7. The fraction of sp³-hybridized carbons (Fsp3) is 0.394. The van der Waals surface area contributed by atoms with Gasteiger partial charge in [0.2, 0.25) is 11.5 Å². The topological polar surface area (TPSA) is 63.8 Å². The molecular formula is C33H39N2O3+. The van der Waals surface area contributed by atoms with Crippen molar-refractivity contribution < 1.29 is 19.6 Å². The van der Waals surface area contributed by atoms with E-state index in [1.54, 1.807) is 0 Å². The number of unbranched alkanes of at least 4 members (excludes halogenated alkanes) is 2. The standard InChI is InChI=1S/C33H38N2O3/c1-6-34-26-16-10-8-14-24(26)32(2,3)28(34)20-22-30(37)23(31(22)38)21-29-33(4,5)25-15-9-11-17-27(25)35(29)18-12-7-13-19-36/h8-11,14-17,20-21,36H,6-7,12-13,18-19H2,1-5H3/p+1. The zero-order valence-corrected chi connectivity index (χ0v) is 23.2. The molecule has 2 N–H and O–H groups in total. The Labute approximate surface area is 226 Å². The van der Waals surface area contributed by atoms with E-state index in [-0.39, 0.29) is 29.0 Å². The van der Waals surface area contributed by atoms with Crippen LogP contribution in [-0.4, -0.2) is 46.0 Å². The lowest BCUT2D eigenvalue weighted by molar-refractivity contribution is -0.438. The molecule has 5 heteroatoms. The van der Waals surface area contributed by atoms with Gasteiger partial charge in [0.1, 0.15) is 12.3 Å². The molecule has 2 heterocycles. The highest BCUT2D eigenvalue weighted by molar-refractivity contribution is 6.24. The van der Waals surface area contributed by atoms with Gasteiger partial charge in [-0.3, -0.25) is 4.79 Å². The Morgan fingerprint density at radius 3 is 2.26 bits per heavy atom. The third-order valence-corrected chi connectivity index (χ3v) is 8.52. The molecule has 3 aliphatic rings. The van der Waals surface area contributed by atoms with Crippen molar-refractivity contribution in [1.29, 1.82) is 0 Å². The summed E-state index contributed by atoms with van der Waals surface area (Å²) in [5.74, 6) is -0.0397. The summed E-state index contributed by atoms with van der Waals surface area (Å²) in [6.45, 7) is 12.6. The summed E-state index contributed by atoms with van der Waals surface area (Å²) in [5.41, 5.74) is 7.00. The predicted molar refractivity (Wildman–Crippen MR) is 154 cm³/mol. The molecule has 2 aromatic carbocycles. The van der Waals surface area contributed by atoms with Gasteiger partial charge >= 0.3 is 0 Å². The summed E-state index contributed by atoms with van der Waals surface area (Å²) >= 11 is 0. The van der Waals surface area contributed by atoms with Crippen molar-refractivity contribution in [3.8, 4) is 0 Å². The molecule has 5 rings (SSSR count). The number of Topliss-reactive ketones (excluding diaryl/α,β-unsaturated/α-hetero) is 1. The normalized spacial score (nSPS) is 21.4. The molecule has 2 aliphatic heterocycles. The maximum atomic E-state index is 13.5. The van der Waals surface area contributed by atoms with Gasteiger partial charge < -0.3 is 15.1 Å². The van der Waals surface area contributed by atoms with E-state index in [1.165, 1.54) is 11.1 Å².